The van der Waals surface area contributed by atoms with Crippen molar-refractivity contribution in [2.24, 2.45) is 0 Å². The molecule has 1 atom stereocenters. The second kappa shape index (κ2) is 7.09. The van der Waals surface area contributed by atoms with Gasteiger partial charge in [0, 0.05) is 37.4 Å². The lowest BCUT2D eigenvalue weighted by molar-refractivity contribution is -0.134. The Balaban J connectivity index is 1.69. The van der Waals surface area contributed by atoms with Gasteiger partial charge >= 0.3 is 0 Å². The molecule has 0 bridgehead atoms. The summed E-state index contributed by atoms with van der Waals surface area (Å²) in [4.78, 5) is 28.7. The Bertz CT molecular complexity index is 830. The number of hydrogen-bond donors (Lipinski definition) is 0. The molecule has 3 rings (SSSR count). The van der Waals surface area contributed by atoms with E-state index in [4.69, 9.17) is 0 Å². The Morgan fingerprint density at radius 1 is 1.16 bits per heavy atom. The first-order valence-electron chi connectivity index (χ1n) is 8.60. The van der Waals surface area contributed by atoms with Crippen molar-refractivity contribution in [1.29, 1.82) is 0 Å². The molecular formula is C19H24N4O2. The van der Waals surface area contributed by atoms with Crippen molar-refractivity contribution in [3.05, 3.63) is 58.0 Å². The molecule has 6 nitrogen and oxygen atoms in total. The first-order valence-corrected chi connectivity index (χ1v) is 8.60. The molecule has 0 spiro atoms. The third kappa shape index (κ3) is 3.73. The van der Waals surface area contributed by atoms with Crippen molar-refractivity contribution >= 4 is 11.6 Å². The normalized spacial score (nSPS) is 17.6. The number of hydrogen-bond acceptors (Lipinski definition) is 4. The lowest BCUT2D eigenvalue weighted by Crippen LogP contribution is -2.55. The molecule has 1 aromatic carbocycles. The van der Waals surface area contributed by atoms with Crippen LogP contribution in [0.5, 0.6) is 0 Å². The van der Waals surface area contributed by atoms with Crippen LogP contribution < -0.4 is 10.5 Å². The maximum Gasteiger partial charge on any atom is 0.267 e. The van der Waals surface area contributed by atoms with Gasteiger partial charge in [-0.2, -0.15) is 5.10 Å². The Morgan fingerprint density at radius 3 is 2.64 bits per heavy atom. The summed E-state index contributed by atoms with van der Waals surface area (Å²) in [6.45, 7) is 8.18. The number of anilines is 1. The van der Waals surface area contributed by atoms with E-state index in [9.17, 15) is 9.59 Å². The molecule has 0 N–H and O–H groups in total. The molecule has 25 heavy (non-hydrogen) atoms. The Hall–Kier alpha value is -2.63. The van der Waals surface area contributed by atoms with Crippen LogP contribution in [0.15, 0.2) is 41.2 Å². The summed E-state index contributed by atoms with van der Waals surface area (Å²) in [5, 5.41) is 4.15. The number of rotatable bonds is 3. The molecule has 1 saturated heterocycles. The largest absolute Gasteiger partial charge is 0.367 e. The van der Waals surface area contributed by atoms with Gasteiger partial charge in [-0.3, -0.25) is 9.59 Å². The van der Waals surface area contributed by atoms with E-state index in [1.807, 2.05) is 24.0 Å². The van der Waals surface area contributed by atoms with Crippen LogP contribution in [0.4, 0.5) is 5.69 Å². The van der Waals surface area contributed by atoms with Gasteiger partial charge in [0.2, 0.25) is 5.91 Å². The molecule has 0 radical (unpaired) electrons. The maximum absolute atomic E-state index is 12.7. The van der Waals surface area contributed by atoms with Crippen LogP contribution in [0, 0.1) is 13.8 Å². The van der Waals surface area contributed by atoms with Crippen LogP contribution in [0.3, 0.4) is 0 Å². The van der Waals surface area contributed by atoms with Gasteiger partial charge < -0.3 is 9.80 Å². The smallest absolute Gasteiger partial charge is 0.267 e. The average molecular weight is 340 g/mol. The molecule has 0 saturated carbocycles. The highest BCUT2D eigenvalue weighted by Gasteiger charge is 2.28. The number of aryl methyl sites for hydroxylation is 2. The van der Waals surface area contributed by atoms with E-state index in [0.29, 0.717) is 6.54 Å². The van der Waals surface area contributed by atoms with E-state index in [0.717, 1.165) is 18.8 Å². The summed E-state index contributed by atoms with van der Waals surface area (Å²) in [5.74, 6) is -0.0582. The summed E-state index contributed by atoms with van der Waals surface area (Å²) in [6, 6.07) is 11.5. The summed E-state index contributed by atoms with van der Waals surface area (Å²) in [5.41, 5.74) is 2.94. The fourth-order valence-corrected chi connectivity index (χ4v) is 3.35. The number of para-hydroxylation sites is 1. The summed E-state index contributed by atoms with van der Waals surface area (Å²) in [7, 11) is 0. The molecule has 1 fully saturated rings. The zero-order valence-corrected chi connectivity index (χ0v) is 15.0. The van der Waals surface area contributed by atoms with E-state index in [1.54, 1.807) is 6.07 Å². The topological polar surface area (TPSA) is 58.4 Å². The minimum atomic E-state index is -0.245. The van der Waals surface area contributed by atoms with Crippen LogP contribution in [0.2, 0.25) is 0 Å². The summed E-state index contributed by atoms with van der Waals surface area (Å²) >= 11 is 0. The number of benzene rings is 1. The average Bonchev–Trinajstić information content (AvgIpc) is 2.58. The standard InChI is InChI=1S/C19H24N4O2/c1-14-6-4-5-7-17(14)21-10-11-22(16(3)12-21)19(25)13-23-18(24)9-8-15(2)20-23/h4-9,16H,10-13H2,1-3H3/t16-/m0/s1. The summed E-state index contributed by atoms with van der Waals surface area (Å²) < 4.78 is 1.25. The SMILES string of the molecule is Cc1ccc(=O)n(CC(=O)N2CCN(c3ccccc3C)C[C@@H]2C)n1. The van der Waals surface area contributed by atoms with Crippen molar-refractivity contribution in [2.75, 3.05) is 24.5 Å². The number of nitrogens with zero attached hydrogens (tertiary/aromatic N) is 4. The second-order valence-electron chi connectivity index (χ2n) is 6.64. The summed E-state index contributed by atoms with van der Waals surface area (Å²) in [6.07, 6.45) is 0. The van der Waals surface area contributed by atoms with E-state index < -0.39 is 0 Å². The Labute approximate surface area is 147 Å². The molecule has 0 aliphatic carbocycles. The highest BCUT2D eigenvalue weighted by Crippen LogP contribution is 2.22. The molecular weight excluding hydrogens is 316 g/mol. The third-order valence-corrected chi connectivity index (χ3v) is 4.69. The molecule has 1 aliphatic rings. The first-order chi connectivity index (χ1) is 12.0. The van der Waals surface area contributed by atoms with Crippen LogP contribution >= 0.6 is 0 Å². The quantitative estimate of drug-likeness (QED) is 0.852. The van der Waals surface area contributed by atoms with Gasteiger partial charge in [0.25, 0.3) is 5.56 Å². The van der Waals surface area contributed by atoms with Gasteiger partial charge in [-0.15, -0.1) is 0 Å². The fraction of sp³-hybridized carbons (Fsp3) is 0.421. The fourth-order valence-electron chi connectivity index (χ4n) is 3.35. The number of carbonyl (C=O) groups excluding carboxylic acids is 1. The second-order valence-corrected chi connectivity index (χ2v) is 6.64. The molecule has 6 heteroatoms. The molecule has 1 aliphatic heterocycles. The lowest BCUT2D eigenvalue weighted by atomic mass is 10.1. The molecule has 1 aromatic heterocycles. The predicted octanol–water partition coefficient (Wildman–Crippen LogP) is 1.60. The van der Waals surface area contributed by atoms with Gasteiger partial charge in [0.05, 0.1) is 5.69 Å². The minimum absolute atomic E-state index is 0.00474. The van der Waals surface area contributed by atoms with E-state index >= 15 is 0 Å². The van der Waals surface area contributed by atoms with E-state index in [2.05, 4.69) is 36.0 Å². The third-order valence-electron chi connectivity index (χ3n) is 4.69. The van der Waals surface area contributed by atoms with Crippen molar-refractivity contribution in [1.82, 2.24) is 14.7 Å². The molecule has 0 unspecified atom stereocenters. The van der Waals surface area contributed by atoms with Crippen molar-refractivity contribution in [3.8, 4) is 0 Å². The predicted molar refractivity (Wildman–Crippen MR) is 97.8 cm³/mol. The minimum Gasteiger partial charge on any atom is -0.367 e. The van der Waals surface area contributed by atoms with Gasteiger partial charge in [-0.05, 0) is 38.5 Å². The van der Waals surface area contributed by atoms with Crippen molar-refractivity contribution in [2.45, 2.75) is 33.4 Å². The van der Waals surface area contributed by atoms with E-state index in [1.165, 1.54) is 22.0 Å². The molecule has 2 aromatic rings. The van der Waals surface area contributed by atoms with Crippen LogP contribution in [0.1, 0.15) is 18.2 Å². The van der Waals surface area contributed by atoms with Crippen molar-refractivity contribution in [3.63, 3.8) is 0 Å². The van der Waals surface area contributed by atoms with Crippen molar-refractivity contribution < 1.29 is 4.79 Å². The Kier molecular flexibility index (Phi) is 4.88. The number of aromatic nitrogens is 2. The Morgan fingerprint density at radius 2 is 1.92 bits per heavy atom. The first kappa shape index (κ1) is 17.2. The number of amides is 1. The van der Waals surface area contributed by atoms with Crippen LogP contribution in [0.25, 0.3) is 0 Å². The van der Waals surface area contributed by atoms with Gasteiger partial charge in [0.15, 0.2) is 0 Å². The zero-order chi connectivity index (χ0) is 18.0. The van der Waals surface area contributed by atoms with E-state index in [-0.39, 0.29) is 24.1 Å². The lowest BCUT2D eigenvalue weighted by Gasteiger charge is -2.41. The van der Waals surface area contributed by atoms with Crippen LogP contribution in [-0.2, 0) is 11.3 Å². The van der Waals surface area contributed by atoms with Crippen LogP contribution in [-0.4, -0.2) is 46.3 Å². The van der Waals surface area contributed by atoms with Gasteiger partial charge in [-0.1, -0.05) is 18.2 Å². The number of carbonyl (C=O) groups is 1. The monoisotopic (exact) mass is 340 g/mol. The number of piperazine rings is 1. The zero-order valence-electron chi connectivity index (χ0n) is 15.0. The molecule has 2 heterocycles. The molecule has 132 valence electrons. The highest BCUT2D eigenvalue weighted by atomic mass is 16.2. The molecule has 1 amide bonds. The van der Waals surface area contributed by atoms with Gasteiger partial charge in [-0.25, -0.2) is 4.68 Å². The highest BCUT2D eigenvalue weighted by molar-refractivity contribution is 5.76. The van der Waals surface area contributed by atoms with Gasteiger partial charge in [0.1, 0.15) is 6.54 Å². The maximum atomic E-state index is 12.7.